The first kappa shape index (κ1) is 15.7. The van der Waals surface area contributed by atoms with E-state index in [1.807, 2.05) is 13.8 Å². The van der Waals surface area contributed by atoms with E-state index in [9.17, 15) is 4.79 Å². The van der Waals surface area contributed by atoms with Crippen LogP contribution in [-0.4, -0.2) is 37.5 Å². The fraction of sp³-hybridized carbons (Fsp3) is 0.833. The summed E-state index contributed by atoms with van der Waals surface area (Å²) in [5, 5.41) is 9.15. The monoisotopic (exact) mass is 242 g/mol. The van der Waals surface area contributed by atoms with Crippen molar-refractivity contribution in [2.75, 3.05) is 19.6 Å². The zero-order chi connectivity index (χ0) is 13.1. The van der Waals surface area contributed by atoms with Crippen molar-refractivity contribution in [3.05, 3.63) is 0 Å². The van der Waals surface area contributed by atoms with Crippen molar-refractivity contribution in [1.29, 1.82) is 0 Å². The Hall–Kier alpha value is -1.26. The summed E-state index contributed by atoms with van der Waals surface area (Å²) in [7, 11) is 0. The van der Waals surface area contributed by atoms with Crippen molar-refractivity contribution in [1.82, 2.24) is 16.0 Å². The van der Waals surface area contributed by atoms with Crippen LogP contribution in [0.25, 0.3) is 0 Å². The second-order valence-electron chi connectivity index (χ2n) is 4.00. The summed E-state index contributed by atoms with van der Waals surface area (Å²) < 4.78 is 0. The number of rotatable bonds is 7. The number of hydrogen-bond donors (Lipinski definition) is 3. The molecule has 1 unspecified atom stereocenters. The molecule has 3 N–H and O–H groups in total. The van der Waals surface area contributed by atoms with Crippen LogP contribution in [0.5, 0.6) is 0 Å². The number of aliphatic imine (C=N–C) groups is 1. The second-order valence-corrected chi connectivity index (χ2v) is 4.00. The van der Waals surface area contributed by atoms with Crippen molar-refractivity contribution in [3.63, 3.8) is 0 Å². The molecule has 0 aliphatic rings. The third-order valence-electron chi connectivity index (χ3n) is 2.29. The summed E-state index contributed by atoms with van der Waals surface area (Å²) in [4.78, 5) is 15.6. The predicted molar refractivity (Wildman–Crippen MR) is 72.2 cm³/mol. The fourth-order valence-electron chi connectivity index (χ4n) is 1.13. The highest BCUT2D eigenvalue weighted by atomic mass is 16.1. The van der Waals surface area contributed by atoms with Crippen LogP contribution in [0, 0.1) is 0 Å². The highest BCUT2D eigenvalue weighted by Crippen LogP contribution is 1.87. The van der Waals surface area contributed by atoms with E-state index in [1.54, 1.807) is 0 Å². The van der Waals surface area contributed by atoms with E-state index in [0.717, 1.165) is 19.4 Å². The first-order chi connectivity index (χ1) is 8.13. The fourth-order valence-corrected chi connectivity index (χ4v) is 1.13. The first-order valence-electron chi connectivity index (χ1n) is 6.45. The van der Waals surface area contributed by atoms with Gasteiger partial charge >= 0.3 is 0 Å². The Balaban J connectivity index is 4.14. The van der Waals surface area contributed by atoms with Crippen molar-refractivity contribution in [3.8, 4) is 0 Å². The van der Waals surface area contributed by atoms with E-state index >= 15 is 0 Å². The van der Waals surface area contributed by atoms with Gasteiger partial charge in [-0.15, -0.1) is 0 Å². The SMILES string of the molecule is CCCNC(=O)CN=C(NCC)NC(C)CC. The van der Waals surface area contributed by atoms with Gasteiger partial charge in [-0.25, -0.2) is 4.99 Å². The second kappa shape index (κ2) is 9.93. The normalized spacial score (nSPS) is 13.1. The molecule has 5 heteroatoms. The molecule has 0 aromatic heterocycles. The standard InChI is InChI=1S/C12H26N4O/c1-5-8-14-11(17)9-15-12(13-7-3)16-10(4)6-2/h10H,5-9H2,1-4H3,(H,14,17)(H2,13,15,16). The van der Waals surface area contributed by atoms with Crippen molar-refractivity contribution in [2.24, 2.45) is 4.99 Å². The molecule has 17 heavy (non-hydrogen) atoms. The molecular formula is C12H26N4O. The molecule has 0 spiro atoms. The van der Waals surface area contributed by atoms with Gasteiger partial charge in [0.2, 0.25) is 5.91 Å². The van der Waals surface area contributed by atoms with Crippen LogP contribution in [0.3, 0.4) is 0 Å². The lowest BCUT2D eigenvalue weighted by atomic mass is 10.3. The van der Waals surface area contributed by atoms with Crippen molar-refractivity contribution < 1.29 is 4.79 Å². The summed E-state index contributed by atoms with van der Waals surface area (Å²) in [6.45, 7) is 9.90. The van der Waals surface area contributed by atoms with Gasteiger partial charge in [0.05, 0.1) is 0 Å². The molecule has 5 nitrogen and oxygen atoms in total. The molecule has 0 radical (unpaired) electrons. The number of amides is 1. The molecule has 0 aromatic carbocycles. The number of carbonyl (C=O) groups excluding carboxylic acids is 1. The van der Waals surface area contributed by atoms with Gasteiger partial charge in [0.15, 0.2) is 5.96 Å². The maximum atomic E-state index is 11.4. The lowest BCUT2D eigenvalue weighted by molar-refractivity contribution is -0.119. The predicted octanol–water partition coefficient (Wildman–Crippen LogP) is 0.866. The van der Waals surface area contributed by atoms with Crippen LogP contribution >= 0.6 is 0 Å². The Morgan fingerprint density at radius 2 is 1.94 bits per heavy atom. The highest BCUT2D eigenvalue weighted by molar-refractivity contribution is 5.84. The number of hydrogen-bond acceptors (Lipinski definition) is 2. The molecule has 100 valence electrons. The van der Waals surface area contributed by atoms with Gasteiger partial charge in [-0.05, 0) is 26.7 Å². The van der Waals surface area contributed by atoms with Gasteiger partial charge in [-0.3, -0.25) is 4.79 Å². The van der Waals surface area contributed by atoms with Gasteiger partial charge in [-0.1, -0.05) is 13.8 Å². The summed E-state index contributed by atoms with van der Waals surface area (Å²) in [6, 6.07) is 0.353. The molecule has 1 amide bonds. The number of nitrogens with zero attached hydrogens (tertiary/aromatic N) is 1. The molecule has 0 rings (SSSR count). The van der Waals surface area contributed by atoms with Crippen LogP contribution in [0.15, 0.2) is 4.99 Å². The minimum Gasteiger partial charge on any atom is -0.357 e. The highest BCUT2D eigenvalue weighted by Gasteiger charge is 2.03. The molecular weight excluding hydrogens is 216 g/mol. The molecule has 0 bridgehead atoms. The van der Waals surface area contributed by atoms with E-state index in [4.69, 9.17) is 0 Å². The average Bonchev–Trinajstić information content (AvgIpc) is 2.33. The minimum absolute atomic E-state index is 0.0341. The van der Waals surface area contributed by atoms with Crippen LogP contribution in [0.1, 0.15) is 40.5 Å². The van der Waals surface area contributed by atoms with Gasteiger partial charge in [0.1, 0.15) is 6.54 Å². The third kappa shape index (κ3) is 8.54. The molecule has 0 aliphatic carbocycles. The van der Waals surface area contributed by atoms with E-state index in [0.29, 0.717) is 18.5 Å². The Morgan fingerprint density at radius 1 is 1.24 bits per heavy atom. The summed E-state index contributed by atoms with van der Waals surface area (Å²) in [6.07, 6.45) is 1.97. The van der Waals surface area contributed by atoms with Crippen LogP contribution in [0.2, 0.25) is 0 Å². The van der Waals surface area contributed by atoms with Gasteiger partial charge < -0.3 is 16.0 Å². The molecule has 0 fully saturated rings. The Bertz CT molecular complexity index is 241. The number of guanidine groups is 1. The summed E-state index contributed by atoms with van der Waals surface area (Å²) >= 11 is 0. The largest absolute Gasteiger partial charge is 0.357 e. The molecule has 0 aliphatic heterocycles. The zero-order valence-electron chi connectivity index (χ0n) is 11.5. The van der Waals surface area contributed by atoms with Crippen molar-refractivity contribution >= 4 is 11.9 Å². The maximum absolute atomic E-state index is 11.4. The third-order valence-corrected chi connectivity index (χ3v) is 2.29. The van der Waals surface area contributed by atoms with Gasteiger partial charge in [0, 0.05) is 19.1 Å². The Kier molecular flexibility index (Phi) is 9.19. The summed E-state index contributed by atoms with van der Waals surface area (Å²) in [5.74, 6) is 0.668. The number of carbonyl (C=O) groups is 1. The maximum Gasteiger partial charge on any atom is 0.241 e. The molecule has 1 atom stereocenters. The molecule has 0 heterocycles. The quantitative estimate of drug-likeness (QED) is 0.458. The van der Waals surface area contributed by atoms with Crippen LogP contribution < -0.4 is 16.0 Å². The van der Waals surface area contributed by atoms with E-state index < -0.39 is 0 Å². The van der Waals surface area contributed by atoms with E-state index in [1.165, 1.54) is 0 Å². The van der Waals surface area contributed by atoms with Crippen molar-refractivity contribution in [2.45, 2.75) is 46.6 Å². The Labute approximate surface area is 104 Å². The number of nitrogens with one attached hydrogen (secondary N) is 3. The van der Waals surface area contributed by atoms with Gasteiger partial charge in [0.25, 0.3) is 0 Å². The Morgan fingerprint density at radius 3 is 2.47 bits per heavy atom. The molecule has 0 saturated heterocycles. The van der Waals surface area contributed by atoms with E-state index in [-0.39, 0.29) is 12.5 Å². The topological polar surface area (TPSA) is 65.5 Å². The molecule has 0 saturated carbocycles. The smallest absolute Gasteiger partial charge is 0.241 e. The minimum atomic E-state index is -0.0341. The zero-order valence-corrected chi connectivity index (χ0v) is 11.5. The molecule has 0 aromatic rings. The first-order valence-corrected chi connectivity index (χ1v) is 6.45. The van der Waals surface area contributed by atoms with Crippen LogP contribution in [0.4, 0.5) is 0 Å². The van der Waals surface area contributed by atoms with E-state index in [2.05, 4.69) is 34.8 Å². The van der Waals surface area contributed by atoms with Crippen LogP contribution in [-0.2, 0) is 4.79 Å². The van der Waals surface area contributed by atoms with Gasteiger partial charge in [-0.2, -0.15) is 0 Å². The summed E-state index contributed by atoms with van der Waals surface area (Å²) in [5.41, 5.74) is 0. The lowest BCUT2D eigenvalue weighted by Crippen LogP contribution is -2.42. The lowest BCUT2D eigenvalue weighted by Gasteiger charge is -2.16. The average molecular weight is 242 g/mol.